The third-order valence-electron chi connectivity index (χ3n) is 5.21. The molecule has 18 heavy (non-hydrogen) atoms. The van der Waals surface area contributed by atoms with Crippen molar-refractivity contribution in [1.29, 1.82) is 0 Å². The molecule has 2 heterocycles. The Balaban J connectivity index is 2.40. The van der Waals surface area contributed by atoms with E-state index in [1.807, 2.05) is 0 Å². The van der Waals surface area contributed by atoms with Gasteiger partial charge in [0.25, 0.3) is 0 Å². The van der Waals surface area contributed by atoms with Gasteiger partial charge in [-0.05, 0) is 50.0 Å². The summed E-state index contributed by atoms with van der Waals surface area (Å²) < 4.78 is 0. The second-order valence-corrected chi connectivity index (χ2v) is 8.81. The molecule has 2 heteroatoms. The molecule has 0 amide bonds. The molecule has 0 saturated carbocycles. The molecule has 2 aliphatic heterocycles. The Labute approximate surface area is 114 Å². The van der Waals surface area contributed by atoms with Crippen molar-refractivity contribution in [2.75, 3.05) is 13.2 Å². The lowest BCUT2D eigenvalue weighted by Gasteiger charge is -2.45. The van der Waals surface area contributed by atoms with Crippen LogP contribution < -0.4 is 5.32 Å². The van der Waals surface area contributed by atoms with Gasteiger partial charge in [0.15, 0.2) is 0 Å². The fourth-order valence-corrected chi connectivity index (χ4v) is 4.72. The predicted octanol–water partition coefficient (Wildman–Crippen LogP) is 3.48. The highest BCUT2D eigenvalue weighted by Crippen LogP contribution is 2.52. The van der Waals surface area contributed by atoms with Crippen molar-refractivity contribution < 1.29 is 0 Å². The number of rotatable bonds is 0. The Morgan fingerprint density at radius 2 is 1.72 bits per heavy atom. The van der Waals surface area contributed by atoms with Crippen molar-refractivity contribution in [1.82, 2.24) is 10.2 Å². The van der Waals surface area contributed by atoms with Gasteiger partial charge in [0.2, 0.25) is 0 Å². The van der Waals surface area contributed by atoms with Crippen LogP contribution in [0.5, 0.6) is 0 Å². The molecule has 106 valence electrons. The summed E-state index contributed by atoms with van der Waals surface area (Å²) in [6.07, 6.45) is 2.61. The van der Waals surface area contributed by atoms with Crippen LogP contribution in [-0.4, -0.2) is 29.7 Å². The topological polar surface area (TPSA) is 15.3 Å². The SMILES string of the molecule is CC(C)(C)C1CCNCN2C1C(C)(C)CC2(C)C. The molecule has 0 bridgehead atoms. The van der Waals surface area contributed by atoms with E-state index >= 15 is 0 Å². The number of nitrogens with zero attached hydrogens (tertiary/aromatic N) is 1. The van der Waals surface area contributed by atoms with Crippen LogP contribution >= 0.6 is 0 Å². The minimum atomic E-state index is 0.328. The average Bonchev–Trinajstić information content (AvgIpc) is 2.36. The average molecular weight is 252 g/mol. The van der Waals surface area contributed by atoms with Gasteiger partial charge in [-0.25, -0.2) is 0 Å². The first-order chi connectivity index (χ1) is 8.06. The minimum Gasteiger partial charge on any atom is -0.304 e. The normalized spacial score (nSPS) is 36.2. The highest BCUT2D eigenvalue weighted by molar-refractivity contribution is 5.08. The highest BCUT2D eigenvalue weighted by atomic mass is 15.3. The lowest BCUT2D eigenvalue weighted by atomic mass is 9.66. The van der Waals surface area contributed by atoms with E-state index < -0.39 is 0 Å². The van der Waals surface area contributed by atoms with Crippen molar-refractivity contribution in [3.8, 4) is 0 Å². The van der Waals surface area contributed by atoms with Crippen LogP contribution in [0.2, 0.25) is 0 Å². The molecule has 0 aromatic heterocycles. The standard InChI is InChI=1S/C16H32N2/c1-14(2,3)12-8-9-17-11-18-13(12)15(4,5)10-16(18,6)7/h12-13,17H,8-11H2,1-7H3. The molecule has 2 unspecified atom stereocenters. The maximum atomic E-state index is 3.64. The maximum absolute atomic E-state index is 3.64. The van der Waals surface area contributed by atoms with Gasteiger partial charge < -0.3 is 5.32 Å². The summed E-state index contributed by atoms with van der Waals surface area (Å²) in [5.41, 5.74) is 1.15. The zero-order valence-corrected chi connectivity index (χ0v) is 13.4. The first-order valence-electron chi connectivity index (χ1n) is 7.53. The second kappa shape index (κ2) is 4.21. The Morgan fingerprint density at radius 1 is 1.11 bits per heavy atom. The fraction of sp³-hybridized carbons (Fsp3) is 1.00. The van der Waals surface area contributed by atoms with Crippen molar-refractivity contribution in [2.45, 2.75) is 72.9 Å². The van der Waals surface area contributed by atoms with E-state index in [0.29, 0.717) is 22.4 Å². The van der Waals surface area contributed by atoms with E-state index in [1.165, 1.54) is 19.4 Å². The zero-order chi connectivity index (χ0) is 13.8. The number of fused-ring (bicyclic) bond motifs is 1. The largest absolute Gasteiger partial charge is 0.304 e. The van der Waals surface area contributed by atoms with Crippen LogP contribution in [0, 0.1) is 16.7 Å². The molecule has 2 saturated heterocycles. The monoisotopic (exact) mass is 252 g/mol. The van der Waals surface area contributed by atoms with Crippen LogP contribution in [0.3, 0.4) is 0 Å². The van der Waals surface area contributed by atoms with Crippen LogP contribution in [0.4, 0.5) is 0 Å². The molecule has 1 N–H and O–H groups in total. The van der Waals surface area contributed by atoms with Gasteiger partial charge in [-0.2, -0.15) is 0 Å². The summed E-state index contributed by atoms with van der Waals surface area (Å²) in [6.45, 7) is 19.3. The molecule has 0 aliphatic carbocycles. The molecule has 2 rings (SSSR count). The maximum Gasteiger partial charge on any atom is 0.0488 e. The number of hydrogen-bond donors (Lipinski definition) is 1. The third-order valence-corrected chi connectivity index (χ3v) is 5.21. The molecule has 2 aliphatic rings. The molecule has 0 aromatic rings. The van der Waals surface area contributed by atoms with Crippen LogP contribution in [-0.2, 0) is 0 Å². The summed E-state index contributed by atoms with van der Waals surface area (Å²) in [4.78, 5) is 2.75. The summed E-state index contributed by atoms with van der Waals surface area (Å²) in [5, 5.41) is 3.64. The molecule has 2 nitrogen and oxygen atoms in total. The molecule has 0 aromatic carbocycles. The molecular formula is C16H32N2. The van der Waals surface area contributed by atoms with E-state index in [1.54, 1.807) is 0 Å². The first-order valence-corrected chi connectivity index (χ1v) is 7.53. The Hall–Kier alpha value is -0.0800. The molecule has 0 radical (unpaired) electrons. The smallest absolute Gasteiger partial charge is 0.0488 e. The zero-order valence-electron chi connectivity index (χ0n) is 13.4. The molecule has 2 atom stereocenters. The van der Waals surface area contributed by atoms with E-state index in [4.69, 9.17) is 0 Å². The van der Waals surface area contributed by atoms with Crippen LogP contribution in [0.1, 0.15) is 61.3 Å². The van der Waals surface area contributed by atoms with Crippen molar-refractivity contribution in [2.24, 2.45) is 16.7 Å². The van der Waals surface area contributed by atoms with Gasteiger partial charge in [-0.15, -0.1) is 0 Å². The van der Waals surface area contributed by atoms with E-state index in [-0.39, 0.29) is 0 Å². The van der Waals surface area contributed by atoms with Crippen LogP contribution in [0.25, 0.3) is 0 Å². The highest BCUT2D eigenvalue weighted by Gasteiger charge is 2.55. The quantitative estimate of drug-likeness (QED) is 0.710. The van der Waals surface area contributed by atoms with Gasteiger partial charge >= 0.3 is 0 Å². The Morgan fingerprint density at radius 3 is 2.28 bits per heavy atom. The summed E-state index contributed by atoms with van der Waals surface area (Å²) in [6, 6.07) is 0.711. The van der Waals surface area contributed by atoms with E-state index in [2.05, 4.69) is 58.7 Å². The lowest BCUT2D eigenvalue weighted by molar-refractivity contribution is 0.0331. The Kier molecular flexibility index (Phi) is 3.35. The molecular weight excluding hydrogens is 220 g/mol. The van der Waals surface area contributed by atoms with E-state index in [0.717, 1.165) is 12.6 Å². The number of hydrogen-bond acceptors (Lipinski definition) is 2. The van der Waals surface area contributed by atoms with Gasteiger partial charge in [-0.3, -0.25) is 4.90 Å². The summed E-state index contributed by atoms with van der Waals surface area (Å²) in [7, 11) is 0. The second-order valence-electron chi connectivity index (χ2n) is 8.81. The number of nitrogens with one attached hydrogen (secondary N) is 1. The minimum absolute atomic E-state index is 0.328. The molecule has 2 fully saturated rings. The van der Waals surface area contributed by atoms with Gasteiger partial charge in [0.05, 0.1) is 0 Å². The van der Waals surface area contributed by atoms with Crippen molar-refractivity contribution in [3.05, 3.63) is 0 Å². The van der Waals surface area contributed by atoms with Crippen molar-refractivity contribution in [3.63, 3.8) is 0 Å². The predicted molar refractivity (Wildman–Crippen MR) is 78.5 cm³/mol. The summed E-state index contributed by atoms with van der Waals surface area (Å²) >= 11 is 0. The lowest BCUT2D eigenvalue weighted by Crippen LogP contribution is -2.51. The van der Waals surface area contributed by atoms with Crippen molar-refractivity contribution >= 4 is 0 Å². The Bertz CT molecular complexity index is 312. The third kappa shape index (κ3) is 2.34. The first kappa shape index (κ1) is 14.3. The fourth-order valence-electron chi connectivity index (χ4n) is 4.72. The van der Waals surface area contributed by atoms with Gasteiger partial charge in [0.1, 0.15) is 0 Å². The molecule has 0 spiro atoms. The van der Waals surface area contributed by atoms with Crippen LogP contribution in [0.15, 0.2) is 0 Å². The van der Waals surface area contributed by atoms with Gasteiger partial charge in [-0.1, -0.05) is 34.6 Å². The van der Waals surface area contributed by atoms with E-state index in [9.17, 15) is 0 Å². The summed E-state index contributed by atoms with van der Waals surface area (Å²) in [5.74, 6) is 0.782. The van der Waals surface area contributed by atoms with Gasteiger partial charge in [0, 0.05) is 18.2 Å².